The van der Waals surface area contributed by atoms with E-state index in [-0.39, 0.29) is 0 Å². The van der Waals surface area contributed by atoms with Crippen LogP contribution in [0.15, 0.2) is 24.3 Å². The molecular weight excluding hydrogens is 214 g/mol. The molecule has 0 saturated heterocycles. The maximum atomic E-state index is 8.52. The SMILES string of the molecule is CCCCOc1cccc(/C=C/C#N)c1OC. The highest BCUT2D eigenvalue weighted by atomic mass is 16.5. The molecule has 17 heavy (non-hydrogen) atoms. The van der Waals surface area contributed by atoms with Crippen molar-refractivity contribution in [1.82, 2.24) is 0 Å². The number of hydrogen-bond donors (Lipinski definition) is 0. The molecule has 90 valence electrons. The summed E-state index contributed by atoms with van der Waals surface area (Å²) in [6.07, 6.45) is 5.25. The first-order valence-electron chi connectivity index (χ1n) is 5.69. The molecule has 0 bridgehead atoms. The molecule has 1 aromatic rings. The van der Waals surface area contributed by atoms with Crippen LogP contribution in [-0.2, 0) is 0 Å². The Balaban J connectivity index is 2.90. The van der Waals surface area contributed by atoms with Crippen LogP contribution in [0.3, 0.4) is 0 Å². The maximum Gasteiger partial charge on any atom is 0.167 e. The number of methoxy groups -OCH3 is 1. The van der Waals surface area contributed by atoms with Gasteiger partial charge in [-0.05, 0) is 18.6 Å². The van der Waals surface area contributed by atoms with Gasteiger partial charge in [0.2, 0.25) is 0 Å². The zero-order chi connectivity index (χ0) is 12.5. The summed E-state index contributed by atoms with van der Waals surface area (Å²) in [6.45, 7) is 2.80. The summed E-state index contributed by atoms with van der Waals surface area (Å²) < 4.78 is 11.0. The van der Waals surface area contributed by atoms with E-state index in [9.17, 15) is 0 Å². The van der Waals surface area contributed by atoms with E-state index in [2.05, 4.69) is 6.92 Å². The first kappa shape index (κ1) is 13.1. The molecule has 0 atom stereocenters. The molecule has 0 spiro atoms. The van der Waals surface area contributed by atoms with E-state index in [1.54, 1.807) is 13.2 Å². The lowest BCUT2D eigenvalue weighted by Crippen LogP contribution is -1.99. The molecule has 3 heteroatoms. The third kappa shape index (κ3) is 3.84. The molecule has 3 nitrogen and oxygen atoms in total. The van der Waals surface area contributed by atoms with E-state index < -0.39 is 0 Å². The van der Waals surface area contributed by atoms with Gasteiger partial charge in [-0.3, -0.25) is 0 Å². The Morgan fingerprint density at radius 2 is 2.24 bits per heavy atom. The third-order valence-electron chi connectivity index (χ3n) is 2.31. The van der Waals surface area contributed by atoms with Gasteiger partial charge >= 0.3 is 0 Å². The zero-order valence-electron chi connectivity index (χ0n) is 10.3. The molecule has 0 aromatic heterocycles. The van der Waals surface area contributed by atoms with E-state index in [0.29, 0.717) is 12.4 Å². The van der Waals surface area contributed by atoms with Crippen LogP contribution in [0, 0.1) is 11.3 Å². The Morgan fingerprint density at radius 1 is 1.41 bits per heavy atom. The van der Waals surface area contributed by atoms with Gasteiger partial charge in [-0.2, -0.15) is 5.26 Å². The van der Waals surface area contributed by atoms with E-state index in [1.165, 1.54) is 6.08 Å². The smallest absolute Gasteiger partial charge is 0.167 e. The molecule has 0 aliphatic carbocycles. The summed E-state index contributed by atoms with van der Waals surface area (Å²) >= 11 is 0. The van der Waals surface area contributed by atoms with Crippen molar-refractivity contribution in [3.05, 3.63) is 29.8 Å². The number of hydrogen-bond acceptors (Lipinski definition) is 3. The van der Waals surface area contributed by atoms with Gasteiger partial charge in [0.15, 0.2) is 11.5 Å². The number of rotatable bonds is 6. The average molecular weight is 231 g/mol. The van der Waals surface area contributed by atoms with Gasteiger partial charge in [-0.1, -0.05) is 25.5 Å². The van der Waals surface area contributed by atoms with Crippen LogP contribution in [0.2, 0.25) is 0 Å². The third-order valence-corrected chi connectivity index (χ3v) is 2.31. The number of nitrogens with zero attached hydrogens (tertiary/aromatic N) is 1. The van der Waals surface area contributed by atoms with Crippen LogP contribution < -0.4 is 9.47 Å². The molecular formula is C14H17NO2. The Bertz CT molecular complexity index is 419. The zero-order valence-corrected chi connectivity index (χ0v) is 10.3. The van der Waals surface area contributed by atoms with Crippen LogP contribution in [0.5, 0.6) is 11.5 Å². The molecule has 0 unspecified atom stereocenters. The van der Waals surface area contributed by atoms with Crippen LogP contribution in [0.1, 0.15) is 25.3 Å². The molecule has 0 aliphatic heterocycles. The van der Waals surface area contributed by atoms with Crippen molar-refractivity contribution in [2.75, 3.05) is 13.7 Å². The van der Waals surface area contributed by atoms with Gasteiger partial charge < -0.3 is 9.47 Å². The second-order valence-corrected chi connectivity index (χ2v) is 3.54. The standard InChI is InChI=1S/C14H17NO2/c1-3-4-11-17-13-9-5-7-12(8-6-10-15)14(13)16-2/h5-9H,3-4,11H2,1-2H3/b8-6+. The largest absolute Gasteiger partial charge is 0.492 e. The Labute approximate surface area is 102 Å². The maximum absolute atomic E-state index is 8.52. The number of benzene rings is 1. The summed E-state index contributed by atoms with van der Waals surface area (Å²) in [5.41, 5.74) is 0.850. The van der Waals surface area contributed by atoms with Crippen molar-refractivity contribution in [3.63, 3.8) is 0 Å². The van der Waals surface area contributed by atoms with Crippen molar-refractivity contribution >= 4 is 6.08 Å². The minimum atomic E-state index is 0.676. The van der Waals surface area contributed by atoms with E-state index in [1.807, 2.05) is 24.3 Å². The van der Waals surface area contributed by atoms with E-state index >= 15 is 0 Å². The lowest BCUT2D eigenvalue weighted by molar-refractivity contribution is 0.288. The Kier molecular flexibility index (Phi) is 5.67. The predicted octanol–water partition coefficient (Wildman–Crippen LogP) is 3.41. The summed E-state index contributed by atoms with van der Waals surface area (Å²) in [5, 5.41) is 8.52. The first-order chi connectivity index (χ1) is 8.33. The molecule has 0 aliphatic rings. The van der Waals surface area contributed by atoms with Crippen molar-refractivity contribution in [3.8, 4) is 17.6 Å². The van der Waals surface area contributed by atoms with Gasteiger partial charge in [-0.25, -0.2) is 0 Å². The normalized spacial score (nSPS) is 10.2. The number of ether oxygens (including phenoxy) is 2. The second kappa shape index (κ2) is 7.34. The van der Waals surface area contributed by atoms with Crippen molar-refractivity contribution in [2.45, 2.75) is 19.8 Å². The highest BCUT2D eigenvalue weighted by Crippen LogP contribution is 2.31. The van der Waals surface area contributed by atoms with E-state index in [4.69, 9.17) is 14.7 Å². The highest BCUT2D eigenvalue weighted by Gasteiger charge is 2.07. The second-order valence-electron chi connectivity index (χ2n) is 3.54. The lowest BCUT2D eigenvalue weighted by atomic mass is 10.1. The van der Waals surface area contributed by atoms with Gasteiger partial charge in [0.1, 0.15) is 0 Å². The number of unbranched alkanes of at least 4 members (excludes halogenated alkanes) is 1. The van der Waals surface area contributed by atoms with Crippen LogP contribution in [0.4, 0.5) is 0 Å². The Hall–Kier alpha value is -1.95. The minimum Gasteiger partial charge on any atom is -0.492 e. The van der Waals surface area contributed by atoms with Crippen LogP contribution in [0.25, 0.3) is 6.08 Å². The molecule has 1 rings (SSSR count). The summed E-state index contributed by atoms with van der Waals surface area (Å²) in [4.78, 5) is 0. The summed E-state index contributed by atoms with van der Waals surface area (Å²) in [6, 6.07) is 7.61. The van der Waals surface area contributed by atoms with Gasteiger partial charge in [0.05, 0.1) is 19.8 Å². The Morgan fingerprint density at radius 3 is 2.88 bits per heavy atom. The molecule has 0 heterocycles. The van der Waals surface area contributed by atoms with Crippen LogP contribution in [-0.4, -0.2) is 13.7 Å². The topological polar surface area (TPSA) is 42.2 Å². The van der Waals surface area contributed by atoms with Crippen LogP contribution >= 0.6 is 0 Å². The summed E-state index contributed by atoms with van der Waals surface area (Å²) in [5.74, 6) is 1.40. The molecule has 0 radical (unpaired) electrons. The fourth-order valence-electron chi connectivity index (χ4n) is 1.45. The predicted molar refractivity (Wildman–Crippen MR) is 68.0 cm³/mol. The average Bonchev–Trinajstić information content (AvgIpc) is 2.36. The highest BCUT2D eigenvalue weighted by molar-refractivity contribution is 5.63. The fraction of sp³-hybridized carbons (Fsp3) is 0.357. The van der Waals surface area contributed by atoms with Gasteiger partial charge in [-0.15, -0.1) is 0 Å². The monoisotopic (exact) mass is 231 g/mol. The molecule has 0 fully saturated rings. The first-order valence-corrected chi connectivity index (χ1v) is 5.69. The quantitative estimate of drug-likeness (QED) is 0.556. The molecule has 0 N–H and O–H groups in total. The van der Waals surface area contributed by atoms with Crippen molar-refractivity contribution < 1.29 is 9.47 Å². The molecule has 1 aromatic carbocycles. The van der Waals surface area contributed by atoms with E-state index in [0.717, 1.165) is 24.2 Å². The summed E-state index contributed by atoms with van der Waals surface area (Å²) in [7, 11) is 1.60. The number of nitriles is 1. The van der Waals surface area contributed by atoms with Gasteiger partial charge in [0.25, 0.3) is 0 Å². The molecule has 0 saturated carbocycles. The van der Waals surface area contributed by atoms with Crippen molar-refractivity contribution in [2.24, 2.45) is 0 Å². The number of para-hydroxylation sites is 1. The number of allylic oxidation sites excluding steroid dienone is 1. The molecule has 0 amide bonds. The van der Waals surface area contributed by atoms with Gasteiger partial charge in [0, 0.05) is 11.6 Å². The lowest BCUT2D eigenvalue weighted by Gasteiger charge is -2.12. The van der Waals surface area contributed by atoms with Crippen molar-refractivity contribution in [1.29, 1.82) is 5.26 Å². The fourth-order valence-corrected chi connectivity index (χ4v) is 1.45. The minimum absolute atomic E-state index is 0.676.